The largest absolute Gasteiger partial charge is 0.462 e. The molecule has 0 saturated heterocycles. The van der Waals surface area contributed by atoms with E-state index in [1.807, 2.05) is 6.08 Å². The fraction of sp³-hybridized carbons (Fsp3) is 0.658. The molecule has 0 saturated carbocycles. The zero-order valence-electron chi connectivity index (χ0n) is 51.3. The predicted octanol–water partition coefficient (Wildman–Crippen LogP) is 22.5. The molecule has 0 radical (unpaired) electrons. The Hall–Kier alpha value is -4.45. The van der Waals surface area contributed by atoms with E-state index >= 15 is 0 Å². The molecule has 0 bridgehead atoms. The molecule has 0 aliphatic rings. The summed E-state index contributed by atoms with van der Waals surface area (Å²) in [4.78, 5) is 38.3. The summed E-state index contributed by atoms with van der Waals surface area (Å²) in [5.41, 5.74) is 0. The Kier molecular flexibility index (Phi) is 62.3. The van der Waals surface area contributed by atoms with E-state index in [9.17, 15) is 14.4 Å². The number of ether oxygens (including phenoxy) is 3. The molecule has 448 valence electrons. The van der Waals surface area contributed by atoms with E-state index in [1.54, 1.807) is 6.08 Å². The lowest BCUT2D eigenvalue weighted by molar-refractivity contribution is -0.166. The molecule has 0 amide bonds. The number of carbonyl (C=O) groups excluding carboxylic acids is 3. The molecule has 0 rings (SSSR count). The molecule has 0 fully saturated rings. The van der Waals surface area contributed by atoms with Crippen molar-refractivity contribution in [3.05, 3.63) is 134 Å². The van der Waals surface area contributed by atoms with E-state index in [4.69, 9.17) is 14.2 Å². The third-order valence-electron chi connectivity index (χ3n) is 13.6. The van der Waals surface area contributed by atoms with E-state index in [0.717, 1.165) is 109 Å². The highest BCUT2D eigenvalue weighted by atomic mass is 16.6. The Morgan fingerprint density at radius 2 is 0.544 bits per heavy atom. The van der Waals surface area contributed by atoms with E-state index in [-0.39, 0.29) is 38.0 Å². The van der Waals surface area contributed by atoms with Gasteiger partial charge >= 0.3 is 17.9 Å². The van der Waals surface area contributed by atoms with Crippen LogP contribution >= 0.6 is 0 Å². The lowest BCUT2D eigenvalue weighted by Gasteiger charge is -2.18. The molecule has 0 N–H and O–H groups in total. The Morgan fingerprint density at radius 1 is 0.278 bits per heavy atom. The smallest absolute Gasteiger partial charge is 0.309 e. The van der Waals surface area contributed by atoms with Gasteiger partial charge in [0.25, 0.3) is 0 Å². The molecule has 0 spiro atoms. The molecule has 0 aliphatic heterocycles. The first-order valence-electron chi connectivity index (χ1n) is 32.7. The monoisotopic (exact) mass is 1090 g/mol. The highest BCUT2D eigenvalue weighted by molar-refractivity contribution is 5.72. The second-order valence-electron chi connectivity index (χ2n) is 21.3. The van der Waals surface area contributed by atoms with Crippen molar-refractivity contribution in [1.82, 2.24) is 0 Å². The maximum absolute atomic E-state index is 12.9. The van der Waals surface area contributed by atoms with Crippen LogP contribution in [0.5, 0.6) is 0 Å². The fourth-order valence-corrected chi connectivity index (χ4v) is 8.77. The van der Waals surface area contributed by atoms with Crippen LogP contribution in [0.25, 0.3) is 0 Å². The number of carbonyl (C=O) groups is 3. The van der Waals surface area contributed by atoms with Gasteiger partial charge in [0.2, 0.25) is 0 Å². The van der Waals surface area contributed by atoms with Crippen LogP contribution in [0.2, 0.25) is 0 Å². The van der Waals surface area contributed by atoms with Crippen molar-refractivity contribution in [2.75, 3.05) is 13.2 Å². The van der Waals surface area contributed by atoms with Gasteiger partial charge in [0.1, 0.15) is 13.2 Å². The number of unbranched alkanes of at least 4 members (excludes halogenated alkanes) is 26. The zero-order chi connectivity index (χ0) is 57.1. The summed E-state index contributed by atoms with van der Waals surface area (Å²) in [6, 6.07) is 0. The van der Waals surface area contributed by atoms with Gasteiger partial charge < -0.3 is 14.2 Å². The number of hydrogen-bond acceptors (Lipinski definition) is 6. The van der Waals surface area contributed by atoms with Crippen LogP contribution in [0.1, 0.15) is 290 Å². The average molecular weight is 1090 g/mol. The first-order valence-corrected chi connectivity index (χ1v) is 32.7. The highest BCUT2D eigenvalue weighted by Gasteiger charge is 2.19. The number of hydrogen-bond donors (Lipinski definition) is 0. The van der Waals surface area contributed by atoms with Crippen molar-refractivity contribution >= 4 is 17.9 Å². The van der Waals surface area contributed by atoms with Gasteiger partial charge in [-0.2, -0.15) is 0 Å². The maximum Gasteiger partial charge on any atom is 0.309 e. The van der Waals surface area contributed by atoms with Crippen molar-refractivity contribution < 1.29 is 28.6 Å². The first kappa shape index (κ1) is 74.5. The lowest BCUT2D eigenvalue weighted by Crippen LogP contribution is -2.30. The van der Waals surface area contributed by atoms with Crippen molar-refractivity contribution in [3.63, 3.8) is 0 Å². The second-order valence-corrected chi connectivity index (χ2v) is 21.3. The highest BCUT2D eigenvalue weighted by Crippen LogP contribution is 2.15. The van der Waals surface area contributed by atoms with Gasteiger partial charge in [0.05, 0.1) is 6.42 Å². The van der Waals surface area contributed by atoms with Crippen LogP contribution in [0.3, 0.4) is 0 Å². The van der Waals surface area contributed by atoms with Gasteiger partial charge in [-0.3, -0.25) is 14.4 Å². The van der Waals surface area contributed by atoms with Crippen molar-refractivity contribution in [2.24, 2.45) is 0 Å². The van der Waals surface area contributed by atoms with Gasteiger partial charge in [0.15, 0.2) is 6.10 Å². The molecule has 0 heterocycles. The van der Waals surface area contributed by atoms with Gasteiger partial charge in [-0.15, -0.1) is 0 Å². The van der Waals surface area contributed by atoms with Crippen LogP contribution in [-0.4, -0.2) is 37.2 Å². The molecular weight excluding hydrogens is 973 g/mol. The minimum atomic E-state index is -0.833. The minimum absolute atomic E-state index is 0.118. The molecule has 0 aliphatic carbocycles. The summed E-state index contributed by atoms with van der Waals surface area (Å²) in [5.74, 6) is -1.07. The van der Waals surface area contributed by atoms with E-state index in [0.29, 0.717) is 6.42 Å². The SMILES string of the molecule is CC/C=C\C/C=C\C/C=C\C/C=C\C/C=C\CC(=O)OCC(COC(=O)CCCCCCCCCCCC/C=C\C/C=C\C/C=C\CCCCCCC)OC(=O)CCCCCCCC/C=C\C/C=C\C/C=C\CCCCCCC. The van der Waals surface area contributed by atoms with Gasteiger partial charge in [-0.1, -0.05) is 283 Å². The Balaban J connectivity index is 4.46. The first-order chi connectivity index (χ1) is 39.0. The molecular formula is C73H120O6. The lowest BCUT2D eigenvalue weighted by atomic mass is 10.1. The average Bonchev–Trinajstić information content (AvgIpc) is 3.45. The molecule has 79 heavy (non-hydrogen) atoms. The van der Waals surface area contributed by atoms with Gasteiger partial charge in [-0.05, 0) is 122 Å². The van der Waals surface area contributed by atoms with Crippen LogP contribution < -0.4 is 0 Å². The number of allylic oxidation sites excluding steroid dienone is 21. The number of esters is 3. The zero-order valence-corrected chi connectivity index (χ0v) is 51.3. The summed E-state index contributed by atoms with van der Waals surface area (Å²) in [5, 5.41) is 0. The van der Waals surface area contributed by atoms with E-state index in [2.05, 4.69) is 142 Å². The molecule has 0 aromatic rings. The summed E-state index contributed by atoms with van der Waals surface area (Å²) >= 11 is 0. The molecule has 1 atom stereocenters. The normalized spacial score (nSPS) is 13.0. The second kappa shape index (κ2) is 66.1. The molecule has 1 unspecified atom stereocenters. The van der Waals surface area contributed by atoms with Crippen LogP contribution in [-0.2, 0) is 28.6 Å². The quantitative estimate of drug-likeness (QED) is 0.0261. The molecule has 6 nitrogen and oxygen atoms in total. The summed E-state index contributed by atoms with van der Waals surface area (Å²) < 4.78 is 16.8. The van der Waals surface area contributed by atoms with Crippen LogP contribution in [0.4, 0.5) is 0 Å². The third-order valence-corrected chi connectivity index (χ3v) is 13.6. The van der Waals surface area contributed by atoms with Crippen LogP contribution in [0.15, 0.2) is 134 Å². The topological polar surface area (TPSA) is 78.9 Å². The van der Waals surface area contributed by atoms with E-state index < -0.39 is 12.1 Å². The molecule has 0 aromatic heterocycles. The standard InChI is InChI=1S/C73H120O6/c1-4-7-10-13-16-19-22-25-28-30-32-34-35-36-37-39-40-42-45-48-51-54-57-60-63-66-72(75)78-69-70(68-77-71(74)65-62-59-56-53-50-47-44-27-24-21-18-15-12-9-6-3)79-73(76)67-64-61-58-55-52-49-46-43-41-38-33-31-29-26-23-20-17-14-11-8-5-2/h9,12,18,21-23,25-27,30-33,35-36,41,43-44,50,53,59,62,70H,4-8,10-11,13-17,19-20,24,28-29,34,37-40,42,45-49,51-52,54-58,60-61,63-69H2,1-3H3/b12-9-,21-18-,25-22-,26-23-,32-30-,33-31-,36-35-,43-41-,44-27-,53-50-,62-59-. The Bertz CT molecular complexity index is 1680. The predicted molar refractivity (Wildman–Crippen MR) is 343 cm³/mol. The maximum atomic E-state index is 12.9. The summed E-state index contributed by atoms with van der Waals surface area (Å²) in [7, 11) is 0. The molecule has 0 aromatic carbocycles. The van der Waals surface area contributed by atoms with Crippen molar-refractivity contribution in [1.29, 1.82) is 0 Å². The van der Waals surface area contributed by atoms with E-state index in [1.165, 1.54) is 141 Å². The van der Waals surface area contributed by atoms with Gasteiger partial charge in [0, 0.05) is 12.8 Å². The third kappa shape index (κ3) is 64.3. The summed E-state index contributed by atoms with van der Waals surface area (Å²) in [6.07, 6.45) is 93.4. The summed E-state index contributed by atoms with van der Waals surface area (Å²) in [6.45, 7) is 6.41. The number of rotatable bonds is 58. The molecule has 6 heteroatoms. The van der Waals surface area contributed by atoms with Gasteiger partial charge in [-0.25, -0.2) is 0 Å². The Labute approximate surface area is 487 Å². The van der Waals surface area contributed by atoms with Crippen LogP contribution in [0, 0.1) is 0 Å². The van der Waals surface area contributed by atoms with Crippen molar-refractivity contribution in [2.45, 2.75) is 297 Å². The van der Waals surface area contributed by atoms with Crippen molar-refractivity contribution in [3.8, 4) is 0 Å². The fourth-order valence-electron chi connectivity index (χ4n) is 8.77. The Morgan fingerprint density at radius 3 is 0.886 bits per heavy atom. The minimum Gasteiger partial charge on any atom is -0.462 e.